The monoisotopic (exact) mass is 474 g/mol. The highest BCUT2D eigenvalue weighted by molar-refractivity contribution is 5.82. The number of aromatic nitrogens is 2. The van der Waals surface area contributed by atoms with Gasteiger partial charge in [-0.1, -0.05) is 24.3 Å². The van der Waals surface area contributed by atoms with Crippen LogP contribution in [0.15, 0.2) is 54.9 Å². The number of aryl methyl sites for hydroxylation is 3. The van der Waals surface area contributed by atoms with Gasteiger partial charge in [-0.25, -0.2) is 4.39 Å². The van der Waals surface area contributed by atoms with E-state index in [1.807, 2.05) is 13.0 Å². The first kappa shape index (κ1) is 25.3. The van der Waals surface area contributed by atoms with E-state index in [9.17, 15) is 22.4 Å². The molecule has 1 aromatic carbocycles. The number of likely N-dealkylation sites (N-methyl/N-ethyl adjacent to an activating group) is 1. The molecular formula is C25H26F4N4O. The van der Waals surface area contributed by atoms with Crippen molar-refractivity contribution in [2.45, 2.75) is 44.9 Å². The van der Waals surface area contributed by atoms with E-state index in [1.54, 1.807) is 31.3 Å². The van der Waals surface area contributed by atoms with Crippen LogP contribution in [0.1, 0.15) is 52.1 Å². The minimum absolute atomic E-state index is 0.273. The highest BCUT2D eigenvalue weighted by atomic mass is 19.4. The highest BCUT2D eigenvalue weighted by Gasteiger charge is 2.32. The maximum absolute atomic E-state index is 13.9. The third-order valence-corrected chi connectivity index (χ3v) is 5.57. The number of nitrogens with zero attached hydrogens (tertiary/aromatic N) is 2. The van der Waals surface area contributed by atoms with Crippen molar-refractivity contribution in [2.24, 2.45) is 0 Å². The largest absolute Gasteiger partial charge is 0.433 e. The van der Waals surface area contributed by atoms with Crippen LogP contribution in [0.3, 0.4) is 0 Å². The quantitative estimate of drug-likeness (QED) is 0.451. The van der Waals surface area contributed by atoms with E-state index in [2.05, 4.69) is 20.6 Å². The molecule has 2 aromatic heterocycles. The maximum atomic E-state index is 13.9. The molecule has 0 radical (unpaired) electrons. The summed E-state index contributed by atoms with van der Waals surface area (Å²) in [4.78, 5) is 20.5. The van der Waals surface area contributed by atoms with E-state index in [1.165, 1.54) is 25.4 Å². The zero-order chi connectivity index (χ0) is 24.9. The second kappa shape index (κ2) is 10.7. The van der Waals surface area contributed by atoms with Gasteiger partial charge in [-0.15, -0.1) is 0 Å². The summed E-state index contributed by atoms with van der Waals surface area (Å²) in [6, 6.07) is 9.52. The Balaban J connectivity index is 1.88. The summed E-state index contributed by atoms with van der Waals surface area (Å²) < 4.78 is 52.4. The average molecular weight is 475 g/mol. The number of carbonyl (C=O) groups excluding carboxylic acids is 1. The van der Waals surface area contributed by atoms with Gasteiger partial charge in [-0.3, -0.25) is 20.1 Å². The molecule has 0 spiro atoms. The third-order valence-electron chi connectivity index (χ3n) is 5.57. The molecule has 0 aliphatic heterocycles. The molecular weight excluding hydrogens is 448 g/mol. The van der Waals surface area contributed by atoms with Crippen molar-refractivity contribution in [1.82, 2.24) is 20.6 Å². The van der Waals surface area contributed by atoms with Crippen molar-refractivity contribution in [3.05, 3.63) is 94.3 Å². The van der Waals surface area contributed by atoms with Crippen LogP contribution in [-0.4, -0.2) is 22.9 Å². The summed E-state index contributed by atoms with van der Waals surface area (Å²) in [5.41, 5.74) is 2.34. The van der Waals surface area contributed by atoms with Gasteiger partial charge in [0.1, 0.15) is 17.6 Å². The van der Waals surface area contributed by atoms with Gasteiger partial charge >= 0.3 is 6.18 Å². The minimum Gasteiger partial charge on any atom is -0.358 e. The number of nitrogens with one attached hydrogen (secondary N) is 2. The number of hydrogen-bond donors (Lipinski definition) is 2. The lowest BCUT2D eigenvalue weighted by molar-refractivity contribution is -0.141. The van der Waals surface area contributed by atoms with Gasteiger partial charge in [0.05, 0.1) is 0 Å². The standard InChI is InChI=1S/C25H26F4N4O/c1-15-12-18(8-9-20(15)26)21(10-5-17-6-11-22(32-13-17)25(27,28)29)33-23(24(34)30-3)19-7-4-16(2)31-14-19/h4,6-9,11-14,21,23,33H,5,10H2,1-3H3,(H,30,34)/t21-,23-/m0/s1. The van der Waals surface area contributed by atoms with E-state index < -0.39 is 24.0 Å². The lowest BCUT2D eigenvalue weighted by Crippen LogP contribution is -2.38. The zero-order valence-electron chi connectivity index (χ0n) is 19.1. The van der Waals surface area contributed by atoms with E-state index >= 15 is 0 Å². The fourth-order valence-electron chi connectivity index (χ4n) is 3.60. The number of rotatable bonds is 8. The van der Waals surface area contributed by atoms with Crippen LogP contribution in [0.25, 0.3) is 0 Å². The molecule has 0 saturated heterocycles. The van der Waals surface area contributed by atoms with Gasteiger partial charge in [0.15, 0.2) is 0 Å². The van der Waals surface area contributed by atoms with E-state index in [0.717, 1.165) is 17.3 Å². The molecule has 0 saturated carbocycles. The van der Waals surface area contributed by atoms with Crippen LogP contribution in [-0.2, 0) is 17.4 Å². The Hall–Kier alpha value is -3.33. The van der Waals surface area contributed by atoms with Gasteiger partial charge in [0.25, 0.3) is 0 Å². The lowest BCUT2D eigenvalue weighted by atomic mass is 9.96. The predicted octanol–water partition coefficient (Wildman–Crippen LogP) is 5.00. The number of carbonyl (C=O) groups is 1. The predicted molar refractivity (Wildman–Crippen MR) is 120 cm³/mol. The number of amides is 1. The van der Waals surface area contributed by atoms with E-state index in [0.29, 0.717) is 29.5 Å². The van der Waals surface area contributed by atoms with Crippen LogP contribution >= 0.6 is 0 Å². The molecule has 180 valence electrons. The fraction of sp³-hybridized carbons (Fsp3) is 0.320. The zero-order valence-corrected chi connectivity index (χ0v) is 19.1. The summed E-state index contributed by atoms with van der Waals surface area (Å²) in [5.74, 6) is -0.620. The SMILES string of the molecule is CNC(=O)[C@@H](N[C@@H](CCc1ccc(C(F)(F)F)nc1)c1ccc(F)c(C)c1)c1ccc(C)nc1. The van der Waals surface area contributed by atoms with Crippen molar-refractivity contribution in [1.29, 1.82) is 0 Å². The fourth-order valence-corrected chi connectivity index (χ4v) is 3.60. The molecule has 0 aliphatic carbocycles. The van der Waals surface area contributed by atoms with Gasteiger partial charge in [-0.05, 0) is 67.1 Å². The average Bonchev–Trinajstić information content (AvgIpc) is 2.81. The van der Waals surface area contributed by atoms with Crippen molar-refractivity contribution < 1.29 is 22.4 Å². The summed E-state index contributed by atoms with van der Waals surface area (Å²) in [7, 11) is 1.53. The van der Waals surface area contributed by atoms with Crippen molar-refractivity contribution >= 4 is 5.91 Å². The Morgan fingerprint density at radius 3 is 2.29 bits per heavy atom. The van der Waals surface area contributed by atoms with Crippen LogP contribution in [0.4, 0.5) is 17.6 Å². The molecule has 2 atom stereocenters. The molecule has 9 heteroatoms. The Labute approximate surface area is 195 Å². The van der Waals surface area contributed by atoms with Crippen molar-refractivity contribution in [3.63, 3.8) is 0 Å². The van der Waals surface area contributed by atoms with Crippen molar-refractivity contribution in [3.8, 4) is 0 Å². The Bertz CT molecular complexity index is 1120. The number of pyridine rings is 2. The second-order valence-corrected chi connectivity index (χ2v) is 8.10. The van der Waals surface area contributed by atoms with E-state index in [4.69, 9.17) is 0 Å². The molecule has 0 fully saturated rings. The van der Waals surface area contributed by atoms with Crippen LogP contribution < -0.4 is 10.6 Å². The molecule has 3 rings (SSSR count). The molecule has 0 bridgehead atoms. The second-order valence-electron chi connectivity index (χ2n) is 8.10. The highest BCUT2D eigenvalue weighted by Crippen LogP contribution is 2.29. The molecule has 2 N–H and O–H groups in total. The van der Waals surface area contributed by atoms with Gasteiger partial charge in [-0.2, -0.15) is 13.2 Å². The summed E-state index contributed by atoms with van der Waals surface area (Å²) >= 11 is 0. The van der Waals surface area contributed by atoms with E-state index in [-0.39, 0.29) is 11.7 Å². The molecule has 5 nitrogen and oxygen atoms in total. The van der Waals surface area contributed by atoms with Crippen LogP contribution in [0, 0.1) is 19.7 Å². The summed E-state index contributed by atoms with van der Waals surface area (Å²) in [5, 5.41) is 5.98. The number of alkyl halides is 3. The molecule has 2 heterocycles. The van der Waals surface area contributed by atoms with Gasteiger partial charge < -0.3 is 5.32 Å². The first-order valence-corrected chi connectivity index (χ1v) is 10.8. The van der Waals surface area contributed by atoms with Gasteiger partial charge in [0, 0.05) is 31.2 Å². The molecule has 34 heavy (non-hydrogen) atoms. The van der Waals surface area contributed by atoms with Crippen LogP contribution in [0.5, 0.6) is 0 Å². The minimum atomic E-state index is -4.50. The molecule has 0 unspecified atom stereocenters. The maximum Gasteiger partial charge on any atom is 0.433 e. The summed E-state index contributed by atoms with van der Waals surface area (Å²) in [6.07, 6.45) is -0.848. The topological polar surface area (TPSA) is 66.9 Å². The molecule has 0 aliphatic rings. The van der Waals surface area contributed by atoms with Crippen molar-refractivity contribution in [2.75, 3.05) is 7.05 Å². The van der Waals surface area contributed by atoms with Crippen LogP contribution in [0.2, 0.25) is 0 Å². The smallest absolute Gasteiger partial charge is 0.358 e. The first-order chi connectivity index (χ1) is 16.1. The Morgan fingerprint density at radius 2 is 1.74 bits per heavy atom. The number of benzene rings is 1. The molecule has 1 amide bonds. The Morgan fingerprint density at radius 1 is 1.00 bits per heavy atom. The third kappa shape index (κ3) is 6.38. The normalized spacial score (nSPS) is 13.4. The summed E-state index contributed by atoms with van der Waals surface area (Å²) in [6.45, 7) is 3.49. The number of halogens is 4. The van der Waals surface area contributed by atoms with Gasteiger partial charge in [0.2, 0.25) is 5.91 Å². The lowest BCUT2D eigenvalue weighted by Gasteiger charge is -2.26. The first-order valence-electron chi connectivity index (χ1n) is 10.8. The Kier molecular flexibility index (Phi) is 7.98. The molecule has 3 aromatic rings. The number of hydrogen-bond acceptors (Lipinski definition) is 4.